The van der Waals surface area contributed by atoms with Crippen LogP contribution in [0.3, 0.4) is 0 Å². The smallest absolute Gasteiger partial charge is 0.129 e. The van der Waals surface area contributed by atoms with Gasteiger partial charge in [0.05, 0.1) is 0 Å². The van der Waals surface area contributed by atoms with Crippen LogP contribution in [0.1, 0.15) is 32.4 Å². The first-order chi connectivity index (χ1) is 7.84. The molecule has 90 valence electrons. The zero-order valence-electron chi connectivity index (χ0n) is 10.5. The van der Waals surface area contributed by atoms with Gasteiger partial charge in [-0.15, -0.1) is 0 Å². The predicted octanol–water partition coefficient (Wildman–Crippen LogP) is 1.98. The summed E-state index contributed by atoms with van der Waals surface area (Å²) in [6, 6.07) is 2.55. The summed E-state index contributed by atoms with van der Waals surface area (Å²) in [5.41, 5.74) is 1.01. The molecule has 0 spiro atoms. The Kier molecular flexibility index (Phi) is 5.78. The predicted molar refractivity (Wildman–Crippen MR) is 67.6 cm³/mol. The number of piperidine rings is 1. The Morgan fingerprint density at radius 3 is 2.56 bits per heavy atom. The lowest BCUT2D eigenvalue weighted by molar-refractivity contribution is 0.478. The quantitative estimate of drug-likeness (QED) is 0.803. The van der Waals surface area contributed by atoms with Crippen LogP contribution in [0.4, 0.5) is 5.82 Å². The van der Waals surface area contributed by atoms with E-state index in [-0.39, 0.29) is 0 Å². The van der Waals surface area contributed by atoms with Gasteiger partial charge in [0.2, 0.25) is 0 Å². The topological polar surface area (TPSA) is 49.8 Å². The Morgan fingerprint density at radius 2 is 1.94 bits per heavy atom. The number of hydrogen-bond donors (Lipinski definition) is 2. The maximum Gasteiger partial charge on any atom is 0.129 e. The van der Waals surface area contributed by atoms with Crippen molar-refractivity contribution < 1.29 is 0 Å². The standard InChI is InChI=1S/C10H16N4.C2H6/c1-8-6-10(13-7-12-8)14-9-2-4-11-5-3-9;1-2/h6-7,9,11H,2-5H2,1H3,(H,12,13,14);1-2H3. The summed E-state index contributed by atoms with van der Waals surface area (Å²) in [5.74, 6) is 0.949. The summed E-state index contributed by atoms with van der Waals surface area (Å²) in [6.45, 7) is 8.18. The third kappa shape index (κ3) is 4.14. The molecule has 1 aliphatic heterocycles. The fraction of sp³-hybridized carbons (Fsp3) is 0.667. The van der Waals surface area contributed by atoms with Gasteiger partial charge in [-0.3, -0.25) is 0 Å². The second kappa shape index (κ2) is 7.17. The van der Waals surface area contributed by atoms with Crippen LogP contribution in [-0.2, 0) is 0 Å². The van der Waals surface area contributed by atoms with E-state index in [4.69, 9.17) is 0 Å². The molecule has 0 amide bonds. The van der Waals surface area contributed by atoms with Gasteiger partial charge in [0, 0.05) is 17.8 Å². The summed E-state index contributed by atoms with van der Waals surface area (Å²) >= 11 is 0. The van der Waals surface area contributed by atoms with Gasteiger partial charge < -0.3 is 10.6 Å². The van der Waals surface area contributed by atoms with Crippen LogP contribution in [0.5, 0.6) is 0 Å². The molecule has 2 rings (SSSR count). The highest BCUT2D eigenvalue weighted by Crippen LogP contribution is 2.10. The van der Waals surface area contributed by atoms with E-state index >= 15 is 0 Å². The van der Waals surface area contributed by atoms with Crippen molar-refractivity contribution in [2.45, 2.75) is 39.7 Å². The Bertz CT molecular complexity index is 295. The molecule has 2 heterocycles. The molecule has 1 fully saturated rings. The first-order valence-corrected chi connectivity index (χ1v) is 6.10. The minimum atomic E-state index is 0.561. The van der Waals surface area contributed by atoms with Gasteiger partial charge in [-0.1, -0.05) is 13.8 Å². The van der Waals surface area contributed by atoms with E-state index < -0.39 is 0 Å². The zero-order valence-corrected chi connectivity index (χ0v) is 10.5. The Morgan fingerprint density at radius 1 is 1.25 bits per heavy atom. The van der Waals surface area contributed by atoms with E-state index in [0.717, 1.165) is 24.6 Å². The molecule has 0 atom stereocenters. The van der Waals surface area contributed by atoms with Crippen LogP contribution in [0.2, 0.25) is 0 Å². The molecule has 16 heavy (non-hydrogen) atoms. The van der Waals surface area contributed by atoms with Gasteiger partial charge in [0.1, 0.15) is 12.1 Å². The van der Waals surface area contributed by atoms with E-state index in [2.05, 4.69) is 20.6 Å². The molecule has 1 saturated heterocycles. The third-order valence-corrected chi connectivity index (χ3v) is 2.49. The summed E-state index contributed by atoms with van der Waals surface area (Å²) in [5, 5.41) is 6.77. The van der Waals surface area contributed by atoms with Crippen LogP contribution < -0.4 is 10.6 Å². The molecule has 2 N–H and O–H groups in total. The molecular formula is C12H22N4. The number of hydrogen-bond acceptors (Lipinski definition) is 4. The van der Waals surface area contributed by atoms with Gasteiger partial charge in [0.15, 0.2) is 0 Å². The van der Waals surface area contributed by atoms with E-state index in [0.29, 0.717) is 6.04 Å². The van der Waals surface area contributed by atoms with Crippen LogP contribution in [0.25, 0.3) is 0 Å². The Hall–Kier alpha value is -1.16. The fourth-order valence-corrected chi connectivity index (χ4v) is 1.71. The Labute approximate surface area is 97.9 Å². The number of aryl methyl sites for hydroxylation is 1. The fourth-order valence-electron chi connectivity index (χ4n) is 1.71. The van der Waals surface area contributed by atoms with Crippen LogP contribution in [-0.4, -0.2) is 29.1 Å². The molecule has 1 aliphatic rings. The van der Waals surface area contributed by atoms with Crippen molar-refractivity contribution in [2.24, 2.45) is 0 Å². The van der Waals surface area contributed by atoms with Crippen molar-refractivity contribution in [3.63, 3.8) is 0 Å². The van der Waals surface area contributed by atoms with Crippen LogP contribution >= 0.6 is 0 Å². The van der Waals surface area contributed by atoms with Crippen molar-refractivity contribution in [1.29, 1.82) is 0 Å². The lowest BCUT2D eigenvalue weighted by Crippen LogP contribution is -2.35. The molecule has 0 unspecified atom stereocenters. The highest BCUT2D eigenvalue weighted by atomic mass is 15.0. The van der Waals surface area contributed by atoms with E-state index in [1.54, 1.807) is 6.33 Å². The summed E-state index contributed by atoms with van der Waals surface area (Å²) in [4.78, 5) is 8.26. The van der Waals surface area contributed by atoms with Crippen molar-refractivity contribution in [3.05, 3.63) is 18.1 Å². The van der Waals surface area contributed by atoms with E-state index in [9.17, 15) is 0 Å². The molecule has 0 aliphatic carbocycles. The average Bonchev–Trinajstić information content (AvgIpc) is 2.33. The first kappa shape index (κ1) is 12.9. The van der Waals surface area contributed by atoms with Gasteiger partial charge in [0.25, 0.3) is 0 Å². The summed E-state index contributed by atoms with van der Waals surface area (Å²) in [6.07, 6.45) is 3.95. The monoisotopic (exact) mass is 222 g/mol. The molecule has 4 heteroatoms. The summed E-state index contributed by atoms with van der Waals surface area (Å²) in [7, 11) is 0. The summed E-state index contributed by atoms with van der Waals surface area (Å²) < 4.78 is 0. The second-order valence-corrected chi connectivity index (χ2v) is 3.71. The number of anilines is 1. The molecule has 0 radical (unpaired) electrons. The number of rotatable bonds is 2. The van der Waals surface area contributed by atoms with Crippen molar-refractivity contribution in [1.82, 2.24) is 15.3 Å². The van der Waals surface area contributed by atoms with Gasteiger partial charge in [-0.2, -0.15) is 0 Å². The maximum absolute atomic E-state index is 4.19. The highest BCUT2D eigenvalue weighted by molar-refractivity contribution is 5.35. The number of nitrogens with zero attached hydrogens (tertiary/aromatic N) is 2. The lowest BCUT2D eigenvalue weighted by atomic mass is 10.1. The van der Waals surface area contributed by atoms with Crippen LogP contribution in [0.15, 0.2) is 12.4 Å². The number of nitrogens with one attached hydrogen (secondary N) is 2. The van der Waals surface area contributed by atoms with Crippen LogP contribution in [0, 0.1) is 6.92 Å². The van der Waals surface area contributed by atoms with Gasteiger partial charge in [-0.25, -0.2) is 9.97 Å². The lowest BCUT2D eigenvalue weighted by Gasteiger charge is -2.24. The minimum Gasteiger partial charge on any atom is -0.367 e. The van der Waals surface area contributed by atoms with E-state index in [1.165, 1.54) is 12.8 Å². The molecule has 1 aromatic heterocycles. The minimum absolute atomic E-state index is 0.561. The largest absolute Gasteiger partial charge is 0.367 e. The molecule has 1 aromatic rings. The second-order valence-electron chi connectivity index (χ2n) is 3.71. The average molecular weight is 222 g/mol. The van der Waals surface area contributed by atoms with Gasteiger partial charge >= 0.3 is 0 Å². The van der Waals surface area contributed by atoms with E-state index in [1.807, 2.05) is 26.8 Å². The van der Waals surface area contributed by atoms with Gasteiger partial charge in [-0.05, 0) is 32.9 Å². The van der Waals surface area contributed by atoms with Crippen molar-refractivity contribution >= 4 is 5.82 Å². The molecular weight excluding hydrogens is 200 g/mol. The van der Waals surface area contributed by atoms with Crippen molar-refractivity contribution in [2.75, 3.05) is 18.4 Å². The highest BCUT2D eigenvalue weighted by Gasteiger charge is 2.12. The number of aromatic nitrogens is 2. The van der Waals surface area contributed by atoms with Crippen molar-refractivity contribution in [3.8, 4) is 0 Å². The molecule has 0 aromatic carbocycles. The maximum atomic E-state index is 4.19. The first-order valence-electron chi connectivity index (χ1n) is 6.10. The molecule has 4 nitrogen and oxygen atoms in total. The normalized spacial score (nSPS) is 16.2. The molecule has 0 saturated carbocycles. The SMILES string of the molecule is CC.Cc1cc(NC2CCNCC2)ncn1. The molecule has 0 bridgehead atoms. The third-order valence-electron chi connectivity index (χ3n) is 2.49. The Balaban J connectivity index is 0.000000606. The zero-order chi connectivity index (χ0) is 11.8.